The van der Waals surface area contributed by atoms with Gasteiger partial charge in [0.15, 0.2) is 0 Å². The molecule has 4 aliphatic rings. The fraction of sp³-hybridized carbons (Fsp3) is 0.893. The standard InChI is InChI=1S/C28H44O9/c1-15(6-9-23(32)33)19-7-8-20-24-21(12-22(31)26(19,20)5)25(4)10-11-27(34,36-16(2)29)13-18(25)14-28(24,35)37-17(3)30/h15,18-22,24,31,34-35H,6-14H2,1-5H3,(H,32,33)/t15-,18+,19-,20+,21+,22+,24+,25+,26-,27-,28-/m1/s1. The number of rotatable bonds is 6. The first kappa shape index (κ1) is 28.3. The van der Waals surface area contributed by atoms with E-state index in [2.05, 4.69) is 13.8 Å². The Balaban J connectivity index is 1.71. The molecular formula is C28H44O9. The summed E-state index contributed by atoms with van der Waals surface area (Å²) in [5, 5.41) is 44.1. The van der Waals surface area contributed by atoms with Gasteiger partial charge in [0, 0.05) is 45.4 Å². The minimum atomic E-state index is -1.78. The third-order valence-electron chi connectivity index (χ3n) is 11.1. The van der Waals surface area contributed by atoms with Crippen molar-refractivity contribution in [2.75, 3.05) is 0 Å². The smallest absolute Gasteiger partial charge is 0.305 e. The number of hydrogen-bond acceptors (Lipinski definition) is 8. The summed E-state index contributed by atoms with van der Waals surface area (Å²) in [6, 6.07) is 0. The van der Waals surface area contributed by atoms with Gasteiger partial charge in [0.25, 0.3) is 0 Å². The lowest BCUT2D eigenvalue weighted by Crippen LogP contribution is -2.68. The zero-order valence-corrected chi connectivity index (χ0v) is 22.7. The first-order valence-electron chi connectivity index (χ1n) is 13.8. The van der Waals surface area contributed by atoms with Crippen LogP contribution >= 0.6 is 0 Å². The lowest BCUT2D eigenvalue weighted by Gasteiger charge is -2.66. The van der Waals surface area contributed by atoms with Crippen LogP contribution in [-0.4, -0.2) is 56.0 Å². The highest BCUT2D eigenvalue weighted by molar-refractivity contribution is 5.67. The molecule has 0 saturated heterocycles. The normalized spacial score (nSPS) is 47.7. The number of carbonyl (C=O) groups excluding carboxylic acids is 2. The van der Waals surface area contributed by atoms with Crippen LogP contribution in [0.25, 0.3) is 0 Å². The van der Waals surface area contributed by atoms with E-state index < -0.39 is 46.9 Å². The number of aliphatic hydroxyl groups is 3. The van der Waals surface area contributed by atoms with Crippen molar-refractivity contribution >= 4 is 17.9 Å². The molecule has 4 N–H and O–H groups in total. The van der Waals surface area contributed by atoms with E-state index in [0.29, 0.717) is 19.3 Å². The van der Waals surface area contributed by atoms with Gasteiger partial charge >= 0.3 is 17.9 Å². The molecule has 9 nitrogen and oxygen atoms in total. The lowest BCUT2D eigenvalue weighted by atomic mass is 9.42. The minimum Gasteiger partial charge on any atom is -0.481 e. The zero-order valence-electron chi connectivity index (χ0n) is 22.7. The Hall–Kier alpha value is -1.71. The largest absolute Gasteiger partial charge is 0.481 e. The van der Waals surface area contributed by atoms with E-state index in [1.807, 2.05) is 6.92 Å². The van der Waals surface area contributed by atoms with E-state index >= 15 is 0 Å². The fourth-order valence-corrected chi connectivity index (χ4v) is 9.39. The Morgan fingerprint density at radius 2 is 1.62 bits per heavy atom. The van der Waals surface area contributed by atoms with Gasteiger partial charge in [-0.25, -0.2) is 0 Å². The van der Waals surface area contributed by atoms with E-state index in [9.17, 15) is 34.8 Å². The number of hydrogen-bond donors (Lipinski definition) is 4. The second-order valence-corrected chi connectivity index (χ2v) is 13.0. The van der Waals surface area contributed by atoms with Crippen molar-refractivity contribution in [2.45, 2.75) is 110 Å². The molecule has 4 aliphatic carbocycles. The summed E-state index contributed by atoms with van der Waals surface area (Å²) in [5.74, 6) is -6.23. The van der Waals surface area contributed by atoms with Gasteiger partial charge in [0.1, 0.15) is 0 Å². The molecule has 4 fully saturated rings. The summed E-state index contributed by atoms with van der Waals surface area (Å²) in [7, 11) is 0. The molecule has 0 aliphatic heterocycles. The van der Waals surface area contributed by atoms with Crippen molar-refractivity contribution in [1.29, 1.82) is 0 Å². The Labute approximate surface area is 218 Å². The molecule has 11 atom stereocenters. The van der Waals surface area contributed by atoms with Crippen LogP contribution in [0.5, 0.6) is 0 Å². The van der Waals surface area contributed by atoms with E-state index in [0.717, 1.165) is 12.8 Å². The quantitative estimate of drug-likeness (QED) is 0.303. The van der Waals surface area contributed by atoms with Crippen LogP contribution in [0.4, 0.5) is 0 Å². The van der Waals surface area contributed by atoms with E-state index in [1.54, 1.807) is 0 Å². The van der Waals surface area contributed by atoms with Crippen LogP contribution < -0.4 is 0 Å². The van der Waals surface area contributed by atoms with Gasteiger partial charge in [0.05, 0.1) is 6.10 Å². The zero-order chi connectivity index (χ0) is 27.6. The van der Waals surface area contributed by atoms with Crippen molar-refractivity contribution in [3.8, 4) is 0 Å². The Bertz CT molecular complexity index is 937. The van der Waals surface area contributed by atoms with Crippen LogP contribution in [0.2, 0.25) is 0 Å². The predicted octanol–water partition coefficient (Wildman–Crippen LogP) is 3.23. The van der Waals surface area contributed by atoms with E-state index in [1.165, 1.54) is 13.8 Å². The number of aliphatic hydroxyl groups excluding tert-OH is 1. The van der Waals surface area contributed by atoms with Gasteiger partial charge in [-0.05, 0) is 72.5 Å². The number of aliphatic carboxylic acids is 1. The summed E-state index contributed by atoms with van der Waals surface area (Å²) >= 11 is 0. The number of fused-ring (bicyclic) bond motifs is 5. The Morgan fingerprint density at radius 3 is 2.22 bits per heavy atom. The number of ether oxygens (including phenoxy) is 2. The molecule has 0 aromatic carbocycles. The van der Waals surface area contributed by atoms with Gasteiger partial charge in [-0.15, -0.1) is 0 Å². The summed E-state index contributed by atoms with van der Waals surface area (Å²) < 4.78 is 11.0. The minimum absolute atomic E-state index is 0.0724. The molecule has 9 heteroatoms. The van der Waals surface area contributed by atoms with Gasteiger partial charge in [0.2, 0.25) is 11.6 Å². The van der Waals surface area contributed by atoms with Crippen molar-refractivity contribution in [3.63, 3.8) is 0 Å². The second-order valence-electron chi connectivity index (χ2n) is 13.0. The third kappa shape index (κ3) is 4.69. The maximum atomic E-state index is 12.3. The van der Waals surface area contributed by atoms with Crippen LogP contribution in [0.3, 0.4) is 0 Å². The average molecular weight is 525 g/mol. The number of esters is 2. The molecule has 0 radical (unpaired) electrons. The average Bonchev–Trinajstić information content (AvgIpc) is 3.11. The maximum absolute atomic E-state index is 12.3. The second kappa shape index (κ2) is 9.49. The topological polar surface area (TPSA) is 151 Å². The van der Waals surface area contributed by atoms with Crippen LogP contribution in [0, 0.1) is 46.3 Å². The molecule has 37 heavy (non-hydrogen) atoms. The van der Waals surface area contributed by atoms with E-state index in [4.69, 9.17) is 9.47 Å². The summed E-state index contributed by atoms with van der Waals surface area (Å²) in [4.78, 5) is 35.1. The van der Waals surface area contributed by atoms with Crippen molar-refractivity contribution in [1.82, 2.24) is 0 Å². The molecule has 0 bridgehead atoms. The highest BCUT2D eigenvalue weighted by Gasteiger charge is 2.71. The highest BCUT2D eigenvalue weighted by Crippen LogP contribution is 2.71. The Morgan fingerprint density at radius 1 is 0.973 bits per heavy atom. The number of carboxylic acids is 1. The molecule has 0 aromatic heterocycles. The summed E-state index contributed by atoms with van der Waals surface area (Å²) in [6.07, 6.45) is 2.97. The molecule has 0 spiro atoms. The highest BCUT2D eigenvalue weighted by atomic mass is 16.7. The summed E-state index contributed by atoms with van der Waals surface area (Å²) in [6.45, 7) is 8.78. The summed E-state index contributed by atoms with van der Waals surface area (Å²) in [5.41, 5.74) is -0.914. The third-order valence-corrected chi connectivity index (χ3v) is 11.1. The van der Waals surface area contributed by atoms with E-state index in [-0.39, 0.29) is 60.7 Å². The first-order valence-corrected chi connectivity index (χ1v) is 13.8. The molecule has 0 heterocycles. The molecule has 210 valence electrons. The first-order chi connectivity index (χ1) is 17.1. The fourth-order valence-electron chi connectivity index (χ4n) is 9.39. The van der Waals surface area contributed by atoms with Crippen molar-refractivity contribution in [3.05, 3.63) is 0 Å². The van der Waals surface area contributed by atoms with Crippen molar-refractivity contribution in [2.24, 2.45) is 46.3 Å². The van der Waals surface area contributed by atoms with Crippen molar-refractivity contribution < 1.29 is 44.3 Å². The molecule has 0 aromatic rings. The molecule has 0 unspecified atom stereocenters. The SMILES string of the molecule is CC(=O)O[C@]1(O)CC[C@@]2(C)[C@@H](C1)C[C@@](O)(OC(C)=O)[C@@H]1[C@@H]2C[C@H](O)[C@]2(C)[C@@H]([C@H](C)CCC(=O)O)CC[C@@H]12. The van der Waals surface area contributed by atoms with Crippen LogP contribution in [-0.2, 0) is 23.9 Å². The van der Waals surface area contributed by atoms with Gasteiger partial charge < -0.3 is 29.9 Å². The Kier molecular flexibility index (Phi) is 7.26. The molecule has 4 saturated carbocycles. The predicted molar refractivity (Wildman–Crippen MR) is 131 cm³/mol. The molecule has 0 amide bonds. The van der Waals surface area contributed by atoms with Gasteiger partial charge in [-0.2, -0.15) is 0 Å². The van der Waals surface area contributed by atoms with Crippen LogP contribution in [0.1, 0.15) is 92.4 Å². The molecular weight excluding hydrogens is 480 g/mol. The molecule has 4 rings (SSSR count). The monoisotopic (exact) mass is 524 g/mol. The lowest BCUT2D eigenvalue weighted by molar-refractivity contribution is -0.332. The van der Waals surface area contributed by atoms with Crippen LogP contribution in [0.15, 0.2) is 0 Å². The maximum Gasteiger partial charge on any atom is 0.305 e. The van der Waals surface area contributed by atoms with Gasteiger partial charge in [-0.3, -0.25) is 14.4 Å². The number of carboxylic acid groups (broad SMARTS) is 1. The van der Waals surface area contributed by atoms with Gasteiger partial charge in [-0.1, -0.05) is 20.8 Å². The number of carbonyl (C=O) groups is 3.